The zero-order chi connectivity index (χ0) is 46.0. The van der Waals surface area contributed by atoms with Crippen LogP contribution in [0.5, 0.6) is 0 Å². The van der Waals surface area contributed by atoms with Crippen molar-refractivity contribution >= 4 is 33.7 Å². The van der Waals surface area contributed by atoms with Crippen LogP contribution < -0.4 is 0 Å². The summed E-state index contributed by atoms with van der Waals surface area (Å²) in [7, 11) is 0. The summed E-state index contributed by atoms with van der Waals surface area (Å²) in [6.07, 6.45) is 0. The molecule has 15 rings (SSSR count). The first-order chi connectivity index (χ1) is 34.7. The van der Waals surface area contributed by atoms with E-state index in [1.54, 1.807) is 0 Å². The van der Waals surface area contributed by atoms with Gasteiger partial charge in [0.15, 0.2) is 17.5 Å². The Morgan fingerprint density at radius 1 is 0.300 bits per heavy atom. The zero-order valence-electron chi connectivity index (χ0n) is 37.7. The number of rotatable bonds is 4. The molecular weight excluding hydrogens is 871 g/mol. The molecular formula is C65H39N3OS. The maximum absolute atomic E-state index is 6.44. The molecule has 326 valence electrons. The highest BCUT2D eigenvalue weighted by molar-refractivity contribution is 7.99. The molecule has 1 aliphatic heterocycles. The SMILES string of the molecule is c1ccc(-c2nc(-c3ccc(-c4cccc5c4oc4ccccc45)cc3)nc(-c3ccc4c(c3)C3(c5ccccc5S4)c4ccccc4C4(c5ccccc5-c5ccccc54)c4ccccc43)n2)cc1. The standard InChI is InChI=1S/C65H39N3OS/c1-2-17-41(18-3-1)61-66-62(42-35-33-40(34-36-42)44-22-16-23-48-47-21-6-14-31-57(47)69-60(44)48)68-63(67-61)43-37-38-59-56(39-43)65(55-30-13-15-32-58(55)70-59)53-28-11-9-26-51(53)64(52-27-10-12-29-54(52)65)49-24-7-4-19-45(49)46-20-5-8-25-50(46)64/h1-39H. The van der Waals surface area contributed by atoms with E-state index in [2.05, 4.69) is 206 Å². The van der Waals surface area contributed by atoms with Crippen molar-refractivity contribution in [3.05, 3.63) is 281 Å². The predicted molar refractivity (Wildman–Crippen MR) is 282 cm³/mol. The first-order valence-electron chi connectivity index (χ1n) is 23.8. The molecule has 2 spiro atoms. The van der Waals surface area contributed by atoms with Crippen LogP contribution in [0.4, 0.5) is 0 Å². The molecule has 3 heterocycles. The molecule has 12 aromatic rings. The Bertz CT molecular complexity index is 4020. The smallest absolute Gasteiger partial charge is 0.164 e. The Kier molecular flexibility index (Phi) is 8.40. The van der Waals surface area contributed by atoms with Crippen molar-refractivity contribution in [3.8, 4) is 56.4 Å². The number of furan rings is 1. The molecule has 0 radical (unpaired) electrons. The third-order valence-corrected chi connectivity index (χ3v) is 16.3. The van der Waals surface area contributed by atoms with E-state index >= 15 is 0 Å². The molecule has 0 atom stereocenters. The number of fused-ring (bicyclic) bond motifs is 18. The molecule has 0 bridgehead atoms. The lowest BCUT2D eigenvalue weighted by molar-refractivity contribution is 0.606. The number of nitrogens with zero attached hydrogens (tertiary/aromatic N) is 3. The Labute approximate surface area is 409 Å². The van der Waals surface area contributed by atoms with E-state index in [1.807, 2.05) is 42.1 Å². The van der Waals surface area contributed by atoms with Crippen molar-refractivity contribution in [3.63, 3.8) is 0 Å². The van der Waals surface area contributed by atoms with Gasteiger partial charge in [-0.1, -0.05) is 224 Å². The summed E-state index contributed by atoms with van der Waals surface area (Å²) in [6, 6.07) is 85.9. The Morgan fingerprint density at radius 2 is 0.743 bits per heavy atom. The number of hydrogen-bond donors (Lipinski definition) is 0. The molecule has 0 saturated heterocycles. The molecule has 0 saturated carbocycles. The molecule has 4 nitrogen and oxygen atoms in total. The summed E-state index contributed by atoms with van der Waals surface area (Å²) in [6.45, 7) is 0. The second kappa shape index (κ2) is 14.9. The minimum Gasteiger partial charge on any atom is -0.455 e. The highest BCUT2D eigenvalue weighted by Gasteiger charge is 2.58. The number of aromatic nitrogens is 3. The molecule has 10 aromatic carbocycles. The molecule has 3 aliphatic rings. The van der Waals surface area contributed by atoms with Crippen LogP contribution in [0.1, 0.15) is 44.5 Å². The molecule has 0 amide bonds. The van der Waals surface area contributed by atoms with Gasteiger partial charge in [0.25, 0.3) is 0 Å². The van der Waals surface area contributed by atoms with E-state index in [1.165, 1.54) is 65.4 Å². The summed E-state index contributed by atoms with van der Waals surface area (Å²) >= 11 is 1.85. The number of para-hydroxylation sites is 2. The van der Waals surface area contributed by atoms with Gasteiger partial charge in [0.05, 0.1) is 10.8 Å². The average Bonchev–Trinajstić information content (AvgIpc) is 3.97. The first-order valence-corrected chi connectivity index (χ1v) is 24.7. The van der Waals surface area contributed by atoms with Gasteiger partial charge in [-0.05, 0) is 85.5 Å². The predicted octanol–water partition coefficient (Wildman–Crippen LogP) is 16.0. The maximum Gasteiger partial charge on any atom is 0.164 e. The van der Waals surface area contributed by atoms with Gasteiger partial charge < -0.3 is 4.42 Å². The van der Waals surface area contributed by atoms with E-state index in [4.69, 9.17) is 19.4 Å². The fraction of sp³-hybridized carbons (Fsp3) is 0.0308. The van der Waals surface area contributed by atoms with Gasteiger partial charge in [-0.2, -0.15) is 0 Å². The van der Waals surface area contributed by atoms with Gasteiger partial charge in [0.1, 0.15) is 11.2 Å². The fourth-order valence-electron chi connectivity index (χ4n) is 12.3. The van der Waals surface area contributed by atoms with Crippen LogP contribution in [0.25, 0.3) is 78.4 Å². The topological polar surface area (TPSA) is 51.8 Å². The molecule has 2 aromatic heterocycles. The Hall–Kier alpha value is -8.64. The second-order valence-corrected chi connectivity index (χ2v) is 19.6. The van der Waals surface area contributed by atoms with Gasteiger partial charge in [-0.3, -0.25) is 0 Å². The highest BCUT2D eigenvalue weighted by atomic mass is 32.2. The van der Waals surface area contributed by atoms with Crippen molar-refractivity contribution in [2.45, 2.75) is 20.6 Å². The van der Waals surface area contributed by atoms with Crippen molar-refractivity contribution in [2.24, 2.45) is 0 Å². The molecule has 0 unspecified atom stereocenters. The lowest BCUT2D eigenvalue weighted by Crippen LogP contribution is -2.45. The van der Waals surface area contributed by atoms with E-state index in [9.17, 15) is 0 Å². The van der Waals surface area contributed by atoms with Crippen molar-refractivity contribution in [1.82, 2.24) is 15.0 Å². The van der Waals surface area contributed by atoms with Crippen LogP contribution in [0.2, 0.25) is 0 Å². The summed E-state index contributed by atoms with van der Waals surface area (Å²) in [4.78, 5) is 18.3. The minimum absolute atomic E-state index is 0.523. The van der Waals surface area contributed by atoms with E-state index < -0.39 is 10.8 Å². The Balaban J connectivity index is 0.942. The van der Waals surface area contributed by atoms with Crippen LogP contribution >= 0.6 is 11.8 Å². The number of benzene rings is 10. The zero-order valence-corrected chi connectivity index (χ0v) is 38.5. The van der Waals surface area contributed by atoms with E-state index in [-0.39, 0.29) is 0 Å². The Morgan fingerprint density at radius 3 is 1.40 bits per heavy atom. The maximum atomic E-state index is 6.44. The molecule has 2 aliphatic carbocycles. The van der Waals surface area contributed by atoms with Crippen molar-refractivity contribution < 1.29 is 4.42 Å². The third-order valence-electron chi connectivity index (χ3n) is 15.1. The number of hydrogen-bond acceptors (Lipinski definition) is 5. The third kappa shape index (κ3) is 5.35. The van der Waals surface area contributed by atoms with Gasteiger partial charge in [-0.15, -0.1) is 0 Å². The van der Waals surface area contributed by atoms with Crippen LogP contribution in [0, 0.1) is 0 Å². The van der Waals surface area contributed by atoms with Crippen LogP contribution in [-0.2, 0) is 10.8 Å². The van der Waals surface area contributed by atoms with Crippen molar-refractivity contribution in [2.75, 3.05) is 0 Å². The first kappa shape index (κ1) is 39.4. The average molecular weight is 910 g/mol. The molecule has 5 heteroatoms. The minimum atomic E-state index is -0.672. The largest absolute Gasteiger partial charge is 0.455 e. The fourth-order valence-corrected chi connectivity index (χ4v) is 13.4. The van der Waals surface area contributed by atoms with Crippen LogP contribution in [-0.4, -0.2) is 15.0 Å². The summed E-state index contributed by atoms with van der Waals surface area (Å²) in [5.41, 5.74) is 18.3. The molecule has 0 N–H and O–H groups in total. The lowest BCUT2D eigenvalue weighted by atomic mass is 9.51. The highest BCUT2D eigenvalue weighted by Crippen LogP contribution is 2.67. The quantitative estimate of drug-likeness (QED) is 0.176. The summed E-state index contributed by atoms with van der Waals surface area (Å²) < 4.78 is 6.44. The normalized spacial score (nSPS) is 14.2. The van der Waals surface area contributed by atoms with Crippen LogP contribution in [0.15, 0.2) is 251 Å². The van der Waals surface area contributed by atoms with E-state index in [0.717, 1.165) is 49.8 Å². The molecule has 70 heavy (non-hydrogen) atoms. The van der Waals surface area contributed by atoms with Gasteiger partial charge >= 0.3 is 0 Å². The summed E-state index contributed by atoms with van der Waals surface area (Å²) in [5, 5.41) is 2.22. The lowest BCUT2D eigenvalue weighted by Gasteiger charge is -2.51. The van der Waals surface area contributed by atoms with Gasteiger partial charge in [-0.25, -0.2) is 15.0 Å². The molecule has 0 fully saturated rings. The van der Waals surface area contributed by atoms with Gasteiger partial charge in [0.2, 0.25) is 0 Å². The van der Waals surface area contributed by atoms with Gasteiger partial charge in [0, 0.05) is 42.8 Å². The summed E-state index contributed by atoms with van der Waals surface area (Å²) in [5.74, 6) is 1.85. The second-order valence-electron chi connectivity index (χ2n) is 18.5. The van der Waals surface area contributed by atoms with Crippen LogP contribution in [0.3, 0.4) is 0 Å². The monoisotopic (exact) mass is 909 g/mol. The van der Waals surface area contributed by atoms with E-state index in [0.29, 0.717) is 17.5 Å². The van der Waals surface area contributed by atoms with Crippen molar-refractivity contribution in [1.29, 1.82) is 0 Å².